The van der Waals surface area contributed by atoms with Gasteiger partial charge >= 0.3 is 5.97 Å². The minimum atomic E-state index is -1.30. The highest BCUT2D eigenvalue weighted by atomic mass is 16.5. The molecule has 0 aromatic carbocycles. The fourth-order valence-electron chi connectivity index (χ4n) is 1.11. The van der Waals surface area contributed by atoms with Gasteiger partial charge in [0.2, 0.25) is 0 Å². The van der Waals surface area contributed by atoms with Gasteiger partial charge in [0.15, 0.2) is 0 Å². The summed E-state index contributed by atoms with van der Waals surface area (Å²) in [5, 5.41) is 8.65. The molecule has 0 spiro atoms. The number of amides is 1. The summed E-state index contributed by atoms with van der Waals surface area (Å²) in [6, 6.07) is 0. The van der Waals surface area contributed by atoms with E-state index >= 15 is 0 Å². The molecule has 1 fully saturated rings. The zero-order chi connectivity index (χ0) is 10.6. The Balaban J connectivity index is 2.70. The fourth-order valence-corrected chi connectivity index (χ4v) is 1.11. The third kappa shape index (κ3) is 2.74. The highest BCUT2D eigenvalue weighted by Gasteiger charge is 2.16. The molecule has 1 heterocycles. The van der Waals surface area contributed by atoms with Crippen LogP contribution < -0.4 is 5.73 Å². The third-order valence-electron chi connectivity index (χ3n) is 1.85. The fraction of sp³-hybridized carbons (Fsp3) is 0.500. The number of carbonyl (C=O) groups excluding carboxylic acids is 1. The Morgan fingerprint density at radius 3 is 2.36 bits per heavy atom. The summed E-state index contributed by atoms with van der Waals surface area (Å²) in [7, 11) is 0. The van der Waals surface area contributed by atoms with Gasteiger partial charge in [-0.05, 0) is 0 Å². The van der Waals surface area contributed by atoms with Crippen molar-refractivity contribution in [1.29, 1.82) is 0 Å². The van der Waals surface area contributed by atoms with Crippen LogP contribution in [0.2, 0.25) is 0 Å². The molecule has 0 saturated carbocycles. The molecule has 1 aliphatic rings. The molecule has 78 valence electrons. The number of rotatable bonds is 3. The summed E-state index contributed by atoms with van der Waals surface area (Å²) in [6.45, 7) is 2.21. The molecular formula is C8H12N2O4. The summed E-state index contributed by atoms with van der Waals surface area (Å²) >= 11 is 0. The predicted octanol–water partition coefficient (Wildman–Crippen LogP) is -1.23. The molecule has 14 heavy (non-hydrogen) atoms. The molecule has 1 aliphatic heterocycles. The Hall–Kier alpha value is -1.56. The summed E-state index contributed by atoms with van der Waals surface area (Å²) in [4.78, 5) is 23.0. The summed E-state index contributed by atoms with van der Waals surface area (Å²) in [5.41, 5.74) is 4.51. The number of carboxylic acids is 1. The predicted molar refractivity (Wildman–Crippen MR) is 47.3 cm³/mol. The molecule has 1 saturated heterocycles. The number of ether oxygens (including phenoxy) is 1. The highest BCUT2D eigenvalue weighted by Crippen LogP contribution is 2.02. The van der Waals surface area contributed by atoms with Gasteiger partial charge in [-0.2, -0.15) is 0 Å². The molecule has 0 aliphatic carbocycles. The van der Waals surface area contributed by atoms with Crippen LogP contribution in [0, 0.1) is 0 Å². The summed E-state index contributed by atoms with van der Waals surface area (Å²) in [5.74, 6) is -2.23. The maximum absolute atomic E-state index is 10.7. The van der Waals surface area contributed by atoms with Crippen molar-refractivity contribution in [1.82, 2.24) is 4.90 Å². The van der Waals surface area contributed by atoms with E-state index in [4.69, 9.17) is 15.6 Å². The van der Waals surface area contributed by atoms with Gasteiger partial charge in [-0.25, -0.2) is 4.79 Å². The molecule has 1 amide bonds. The normalized spacial score (nSPS) is 18.0. The smallest absolute Gasteiger partial charge is 0.342 e. The molecule has 0 aromatic rings. The van der Waals surface area contributed by atoms with Crippen molar-refractivity contribution in [2.45, 2.75) is 0 Å². The van der Waals surface area contributed by atoms with E-state index in [-0.39, 0.29) is 0 Å². The summed E-state index contributed by atoms with van der Waals surface area (Å²) in [6.07, 6.45) is 1.27. The largest absolute Gasteiger partial charge is 0.477 e. The van der Waals surface area contributed by atoms with E-state index in [0.29, 0.717) is 26.3 Å². The lowest BCUT2D eigenvalue weighted by molar-refractivity contribution is -0.134. The van der Waals surface area contributed by atoms with E-state index < -0.39 is 17.4 Å². The van der Waals surface area contributed by atoms with E-state index in [9.17, 15) is 9.59 Å². The van der Waals surface area contributed by atoms with Crippen molar-refractivity contribution >= 4 is 11.9 Å². The average Bonchev–Trinajstić information content (AvgIpc) is 2.15. The van der Waals surface area contributed by atoms with Gasteiger partial charge in [0, 0.05) is 19.3 Å². The van der Waals surface area contributed by atoms with Crippen LogP contribution in [0.1, 0.15) is 0 Å². The van der Waals surface area contributed by atoms with Crippen molar-refractivity contribution in [2.24, 2.45) is 5.73 Å². The van der Waals surface area contributed by atoms with Crippen LogP contribution in [-0.2, 0) is 14.3 Å². The topological polar surface area (TPSA) is 92.9 Å². The lowest BCUT2D eigenvalue weighted by atomic mass is 10.2. The van der Waals surface area contributed by atoms with Crippen LogP contribution in [-0.4, -0.2) is 48.2 Å². The molecule has 0 unspecified atom stereocenters. The molecule has 6 heteroatoms. The van der Waals surface area contributed by atoms with Gasteiger partial charge in [-0.15, -0.1) is 0 Å². The monoisotopic (exact) mass is 200 g/mol. The van der Waals surface area contributed by atoms with E-state index in [1.54, 1.807) is 4.90 Å². The average molecular weight is 200 g/mol. The number of nitrogens with zero attached hydrogens (tertiary/aromatic N) is 1. The number of hydrogen-bond acceptors (Lipinski definition) is 4. The molecule has 0 bridgehead atoms. The first-order valence-electron chi connectivity index (χ1n) is 4.18. The second kappa shape index (κ2) is 4.61. The second-order valence-electron chi connectivity index (χ2n) is 2.86. The van der Waals surface area contributed by atoms with Crippen LogP contribution >= 0.6 is 0 Å². The lowest BCUT2D eigenvalue weighted by Crippen LogP contribution is -2.34. The van der Waals surface area contributed by atoms with Crippen LogP contribution in [0.25, 0.3) is 0 Å². The molecule has 1 rings (SSSR count). The number of primary amides is 1. The minimum Gasteiger partial charge on any atom is -0.477 e. The lowest BCUT2D eigenvalue weighted by Gasteiger charge is -2.25. The van der Waals surface area contributed by atoms with Crippen molar-refractivity contribution < 1.29 is 19.4 Å². The molecule has 0 radical (unpaired) electrons. The molecule has 0 atom stereocenters. The van der Waals surface area contributed by atoms with E-state index in [1.807, 2.05) is 0 Å². The first-order valence-corrected chi connectivity index (χ1v) is 4.18. The second-order valence-corrected chi connectivity index (χ2v) is 2.86. The first-order chi connectivity index (χ1) is 6.61. The van der Waals surface area contributed by atoms with Crippen molar-refractivity contribution in [3.63, 3.8) is 0 Å². The molecule has 3 N–H and O–H groups in total. The number of nitrogens with two attached hydrogens (primary N) is 1. The van der Waals surface area contributed by atoms with E-state index in [1.165, 1.54) is 6.20 Å². The Kier molecular flexibility index (Phi) is 3.47. The van der Waals surface area contributed by atoms with E-state index in [0.717, 1.165) is 0 Å². The zero-order valence-corrected chi connectivity index (χ0v) is 7.60. The summed E-state index contributed by atoms with van der Waals surface area (Å²) < 4.78 is 5.07. The maximum atomic E-state index is 10.7. The van der Waals surface area contributed by atoms with E-state index in [2.05, 4.69) is 0 Å². The molecular weight excluding hydrogens is 188 g/mol. The van der Waals surface area contributed by atoms with Crippen molar-refractivity contribution in [3.05, 3.63) is 11.8 Å². The van der Waals surface area contributed by atoms with Gasteiger partial charge in [0.25, 0.3) is 5.91 Å². The Morgan fingerprint density at radius 1 is 1.36 bits per heavy atom. The number of aliphatic carboxylic acids is 1. The standard InChI is InChI=1S/C8H12N2O4/c9-7(11)6(8(12)13)5-10-1-3-14-4-2-10/h5H,1-4H2,(H2,9,11)(H,12,13)/b6-5-. The van der Waals surface area contributed by atoms with Crippen molar-refractivity contribution in [2.75, 3.05) is 26.3 Å². The van der Waals surface area contributed by atoms with Gasteiger partial charge in [0.05, 0.1) is 13.2 Å². The van der Waals surface area contributed by atoms with Gasteiger partial charge in [0.1, 0.15) is 5.57 Å². The van der Waals surface area contributed by atoms with Crippen LogP contribution in [0.15, 0.2) is 11.8 Å². The quantitative estimate of drug-likeness (QED) is 0.338. The van der Waals surface area contributed by atoms with Crippen LogP contribution in [0.3, 0.4) is 0 Å². The van der Waals surface area contributed by atoms with Gasteiger partial charge in [-0.3, -0.25) is 4.79 Å². The molecule has 6 nitrogen and oxygen atoms in total. The van der Waals surface area contributed by atoms with Gasteiger partial charge in [-0.1, -0.05) is 0 Å². The number of morpholine rings is 1. The Bertz CT molecular complexity index is 253. The number of carbonyl (C=O) groups is 2. The van der Waals surface area contributed by atoms with Crippen LogP contribution in [0.4, 0.5) is 0 Å². The highest BCUT2D eigenvalue weighted by molar-refractivity contribution is 6.14. The zero-order valence-electron chi connectivity index (χ0n) is 7.60. The Morgan fingerprint density at radius 2 is 1.93 bits per heavy atom. The van der Waals surface area contributed by atoms with Crippen molar-refractivity contribution in [3.8, 4) is 0 Å². The number of carboxylic acid groups (broad SMARTS) is 1. The SMILES string of the molecule is NC(=O)/C(=C/N1CCOCC1)C(=O)O. The third-order valence-corrected chi connectivity index (χ3v) is 1.85. The number of hydrogen-bond donors (Lipinski definition) is 2. The van der Waals surface area contributed by atoms with Crippen LogP contribution in [0.5, 0.6) is 0 Å². The minimum absolute atomic E-state index is 0.396. The van der Waals surface area contributed by atoms with Gasteiger partial charge < -0.3 is 20.5 Å². The first kappa shape index (κ1) is 10.5. The Labute approximate surface area is 80.9 Å². The molecule has 0 aromatic heterocycles. The maximum Gasteiger partial charge on any atom is 0.342 e.